The number of para-hydroxylation sites is 1. The van der Waals surface area contributed by atoms with Crippen molar-refractivity contribution in [1.29, 1.82) is 0 Å². The van der Waals surface area contributed by atoms with Gasteiger partial charge < -0.3 is 18.6 Å². The Labute approximate surface area is 184 Å². The second-order valence-electron chi connectivity index (χ2n) is 8.78. The van der Waals surface area contributed by atoms with E-state index in [4.69, 9.17) is 4.74 Å². The van der Waals surface area contributed by atoms with Gasteiger partial charge in [-0.25, -0.2) is 0 Å². The monoisotopic (exact) mass is 413 g/mol. The van der Waals surface area contributed by atoms with Crippen molar-refractivity contribution in [3.8, 4) is 5.75 Å². The van der Waals surface area contributed by atoms with Crippen LogP contribution in [0.25, 0.3) is 0 Å². The van der Waals surface area contributed by atoms with Crippen LogP contribution >= 0.6 is 0 Å². The lowest BCUT2D eigenvalue weighted by Gasteiger charge is -2.35. The standard InChI is InChI=1S/C26H43N3O/c1-7-28(5,8-2)21-20-27(24-14-12-11-13-15-24)25-16-18-26(19-17-25)30-23-22-29(6,9-3)10-4/h11-19H,7-10,20-23H2,1-6H3/q+2. The van der Waals surface area contributed by atoms with Crippen LogP contribution in [-0.4, -0.2) is 75.5 Å². The van der Waals surface area contributed by atoms with Gasteiger partial charge in [-0.2, -0.15) is 0 Å². The smallest absolute Gasteiger partial charge is 0.137 e. The second-order valence-corrected chi connectivity index (χ2v) is 8.78. The fourth-order valence-corrected chi connectivity index (χ4v) is 3.54. The van der Waals surface area contributed by atoms with Gasteiger partial charge in [0, 0.05) is 11.4 Å². The fraction of sp³-hybridized carbons (Fsp3) is 0.538. The highest BCUT2D eigenvalue weighted by Crippen LogP contribution is 2.27. The lowest BCUT2D eigenvalue weighted by Crippen LogP contribution is -2.47. The first-order valence-electron chi connectivity index (χ1n) is 11.6. The van der Waals surface area contributed by atoms with E-state index in [0.29, 0.717) is 0 Å². The van der Waals surface area contributed by atoms with Crippen LogP contribution in [0.4, 0.5) is 11.4 Å². The highest BCUT2D eigenvalue weighted by atomic mass is 16.5. The molecule has 0 spiro atoms. The lowest BCUT2D eigenvalue weighted by molar-refractivity contribution is -0.906. The van der Waals surface area contributed by atoms with E-state index >= 15 is 0 Å². The lowest BCUT2D eigenvalue weighted by atomic mass is 10.2. The molecule has 0 saturated heterocycles. The highest BCUT2D eigenvalue weighted by Gasteiger charge is 2.20. The average molecular weight is 414 g/mol. The van der Waals surface area contributed by atoms with Crippen LogP contribution in [0.15, 0.2) is 54.6 Å². The van der Waals surface area contributed by atoms with Crippen LogP contribution in [0, 0.1) is 0 Å². The largest absolute Gasteiger partial charge is 0.488 e. The van der Waals surface area contributed by atoms with Gasteiger partial charge in [0.2, 0.25) is 0 Å². The van der Waals surface area contributed by atoms with Crippen LogP contribution in [-0.2, 0) is 0 Å². The first-order valence-corrected chi connectivity index (χ1v) is 11.6. The molecule has 2 aromatic carbocycles. The summed E-state index contributed by atoms with van der Waals surface area (Å²) < 4.78 is 8.18. The first kappa shape index (κ1) is 24.2. The molecule has 0 aromatic heterocycles. The van der Waals surface area contributed by atoms with E-state index in [2.05, 4.69) is 101 Å². The Morgan fingerprint density at radius 3 is 1.70 bits per heavy atom. The number of hydrogen-bond acceptors (Lipinski definition) is 2. The predicted octanol–water partition coefficient (Wildman–Crippen LogP) is 5.18. The minimum absolute atomic E-state index is 0.753. The summed E-state index contributed by atoms with van der Waals surface area (Å²) in [5.74, 6) is 0.952. The van der Waals surface area contributed by atoms with E-state index < -0.39 is 0 Å². The highest BCUT2D eigenvalue weighted by molar-refractivity contribution is 5.63. The summed E-state index contributed by atoms with van der Waals surface area (Å²) in [6.07, 6.45) is 0. The number of benzene rings is 2. The van der Waals surface area contributed by atoms with E-state index in [9.17, 15) is 0 Å². The Bertz CT molecular complexity index is 722. The van der Waals surface area contributed by atoms with E-state index in [1.54, 1.807) is 0 Å². The molecule has 0 aliphatic rings. The number of hydrogen-bond donors (Lipinski definition) is 0. The quantitative estimate of drug-likeness (QED) is 0.420. The van der Waals surface area contributed by atoms with Crippen LogP contribution < -0.4 is 9.64 Å². The number of likely N-dealkylation sites (N-methyl/N-ethyl adjacent to an activating group) is 2. The summed E-state index contributed by atoms with van der Waals surface area (Å²) in [4.78, 5) is 2.42. The third-order valence-corrected chi connectivity index (χ3v) is 7.03. The summed E-state index contributed by atoms with van der Waals surface area (Å²) in [5.41, 5.74) is 2.46. The van der Waals surface area contributed by atoms with Crippen LogP contribution in [0.1, 0.15) is 27.7 Å². The molecule has 0 fully saturated rings. The number of anilines is 2. The molecular formula is C26H43N3O+2. The van der Waals surface area contributed by atoms with Crippen molar-refractivity contribution >= 4 is 11.4 Å². The zero-order valence-electron chi connectivity index (χ0n) is 20.1. The third kappa shape index (κ3) is 6.75. The number of quaternary nitrogens is 2. The molecule has 0 atom stereocenters. The van der Waals surface area contributed by atoms with Crippen molar-refractivity contribution in [2.45, 2.75) is 27.7 Å². The molecule has 0 unspecified atom stereocenters. The summed E-state index contributed by atoms with van der Waals surface area (Å²) >= 11 is 0. The maximum Gasteiger partial charge on any atom is 0.137 e. The van der Waals surface area contributed by atoms with Gasteiger partial charge >= 0.3 is 0 Å². The van der Waals surface area contributed by atoms with Crippen molar-refractivity contribution in [1.82, 2.24) is 0 Å². The topological polar surface area (TPSA) is 12.5 Å². The maximum atomic E-state index is 6.06. The van der Waals surface area contributed by atoms with E-state index in [-0.39, 0.29) is 0 Å². The molecule has 4 nitrogen and oxygen atoms in total. The Morgan fingerprint density at radius 1 is 0.667 bits per heavy atom. The van der Waals surface area contributed by atoms with Crippen LogP contribution in [0.3, 0.4) is 0 Å². The Morgan fingerprint density at radius 2 is 1.17 bits per heavy atom. The zero-order chi connectivity index (χ0) is 22.0. The van der Waals surface area contributed by atoms with Crippen LogP contribution in [0.5, 0.6) is 5.75 Å². The SMILES string of the molecule is CC[N+](C)(CC)CCOc1ccc(N(CC[N+](C)(CC)CC)c2ccccc2)cc1. The van der Waals surface area contributed by atoms with E-state index in [0.717, 1.165) is 67.1 Å². The van der Waals surface area contributed by atoms with Gasteiger partial charge in [0.1, 0.15) is 18.9 Å². The summed E-state index contributed by atoms with van der Waals surface area (Å²) in [6.45, 7) is 17.5. The van der Waals surface area contributed by atoms with Crippen molar-refractivity contribution < 1.29 is 13.7 Å². The van der Waals surface area contributed by atoms with E-state index in [1.807, 2.05) is 0 Å². The molecule has 2 aromatic rings. The first-order chi connectivity index (χ1) is 14.4. The molecule has 0 radical (unpaired) electrons. The Kier molecular flexibility index (Phi) is 9.19. The molecule has 0 bridgehead atoms. The summed E-state index contributed by atoms with van der Waals surface area (Å²) in [5, 5.41) is 0. The molecule has 0 aliphatic carbocycles. The normalized spacial score (nSPS) is 12.1. The van der Waals surface area contributed by atoms with Gasteiger partial charge in [0.15, 0.2) is 0 Å². The zero-order valence-corrected chi connectivity index (χ0v) is 20.1. The predicted molar refractivity (Wildman–Crippen MR) is 130 cm³/mol. The van der Waals surface area contributed by atoms with Crippen molar-refractivity contribution in [2.24, 2.45) is 0 Å². The second kappa shape index (κ2) is 11.4. The molecule has 0 aliphatic heterocycles. The maximum absolute atomic E-state index is 6.06. The molecule has 2 rings (SSSR count). The van der Waals surface area contributed by atoms with Crippen molar-refractivity contribution in [2.75, 3.05) is 71.4 Å². The fourth-order valence-electron chi connectivity index (χ4n) is 3.54. The van der Waals surface area contributed by atoms with Crippen molar-refractivity contribution in [3.05, 3.63) is 54.6 Å². The molecule has 0 N–H and O–H groups in total. The molecule has 0 heterocycles. The van der Waals surface area contributed by atoms with Gasteiger partial charge in [0.05, 0.1) is 53.4 Å². The van der Waals surface area contributed by atoms with Crippen LogP contribution in [0.2, 0.25) is 0 Å². The minimum Gasteiger partial charge on any atom is -0.488 e. The van der Waals surface area contributed by atoms with Gasteiger partial charge in [-0.05, 0) is 64.1 Å². The number of ether oxygens (including phenoxy) is 1. The van der Waals surface area contributed by atoms with Gasteiger partial charge in [-0.3, -0.25) is 0 Å². The third-order valence-electron chi connectivity index (χ3n) is 7.03. The molecule has 30 heavy (non-hydrogen) atoms. The molecule has 0 amide bonds. The molecular weight excluding hydrogens is 370 g/mol. The minimum atomic E-state index is 0.753. The molecule has 0 saturated carbocycles. The number of nitrogens with zero attached hydrogens (tertiary/aromatic N) is 3. The summed E-state index contributed by atoms with van der Waals surface area (Å²) in [7, 11) is 4.64. The number of rotatable bonds is 13. The Hall–Kier alpha value is -2.04. The van der Waals surface area contributed by atoms with E-state index in [1.165, 1.54) is 11.4 Å². The Balaban J connectivity index is 2.09. The van der Waals surface area contributed by atoms with Gasteiger partial charge in [0.25, 0.3) is 0 Å². The van der Waals surface area contributed by atoms with Gasteiger partial charge in [-0.15, -0.1) is 0 Å². The molecule has 4 heteroatoms. The molecule has 166 valence electrons. The average Bonchev–Trinajstić information content (AvgIpc) is 2.80. The van der Waals surface area contributed by atoms with Gasteiger partial charge in [-0.1, -0.05) is 18.2 Å². The summed E-state index contributed by atoms with van der Waals surface area (Å²) in [6, 6.07) is 19.3. The van der Waals surface area contributed by atoms with Crippen molar-refractivity contribution in [3.63, 3.8) is 0 Å².